The molecule has 20 heavy (non-hydrogen) atoms. The van der Waals surface area contributed by atoms with Crippen LogP contribution in [0.2, 0.25) is 0 Å². The van der Waals surface area contributed by atoms with Crippen molar-refractivity contribution < 1.29 is 27.0 Å². The third-order valence-electron chi connectivity index (χ3n) is 2.62. The van der Waals surface area contributed by atoms with E-state index in [9.17, 15) is 17.6 Å². The van der Waals surface area contributed by atoms with Gasteiger partial charge in [-0.3, -0.25) is 11.3 Å². The zero-order valence-corrected chi connectivity index (χ0v) is 10.8. The highest BCUT2D eigenvalue weighted by molar-refractivity contribution is 5.29. The Hall–Kier alpha value is -1.22. The minimum Gasteiger partial charge on any atom is -0.382 e. The second kappa shape index (κ2) is 7.53. The van der Waals surface area contributed by atoms with Crippen LogP contribution in [0.5, 0.6) is 0 Å². The number of hydrogen-bond acceptors (Lipinski definition) is 4. The van der Waals surface area contributed by atoms with Crippen molar-refractivity contribution in [2.75, 3.05) is 26.9 Å². The fourth-order valence-electron chi connectivity index (χ4n) is 1.56. The van der Waals surface area contributed by atoms with Crippen LogP contribution in [-0.2, 0) is 15.7 Å². The first kappa shape index (κ1) is 16.8. The standard InChI is InChI=1S/C12H16F4N2O2/c1-19-4-5-20-7-11(18-17)8-2-3-10(13)9(6-8)12(14,15)16/h2-3,6,11,18H,4-5,7,17H2,1H3. The van der Waals surface area contributed by atoms with E-state index in [2.05, 4.69) is 5.43 Å². The van der Waals surface area contributed by atoms with Crippen molar-refractivity contribution in [1.29, 1.82) is 0 Å². The number of nitrogens with one attached hydrogen (secondary N) is 1. The van der Waals surface area contributed by atoms with Gasteiger partial charge in [-0.1, -0.05) is 6.07 Å². The van der Waals surface area contributed by atoms with Gasteiger partial charge in [0.25, 0.3) is 0 Å². The van der Waals surface area contributed by atoms with E-state index in [-0.39, 0.29) is 18.8 Å². The van der Waals surface area contributed by atoms with E-state index in [1.165, 1.54) is 13.2 Å². The number of halogens is 4. The van der Waals surface area contributed by atoms with Gasteiger partial charge in [-0.05, 0) is 17.7 Å². The highest BCUT2D eigenvalue weighted by Gasteiger charge is 2.34. The van der Waals surface area contributed by atoms with Crippen LogP contribution in [0, 0.1) is 5.82 Å². The van der Waals surface area contributed by atoms with Gasteiger partial charge < -0.3 is 9.47 Å². The van der Waals surface area contributed by atoms with Gasteiger partial charge in [0, 0.05) is 7.11 Å². The van der Waals surface area contributed by atoms with Crippen LogP contribution in [0.4, 0.5) is 17.6 Å². The molecule has 0 amide bonds. The molecular formula is C12H16F4N2O2. The molecule has 1 rings (SSSR count). The number of hydrazine groups is 1. The van der Waals surface area contributed by atoms with E-state index >= 15 is 0 Å². The molecule has 0 heterocycles. The minimum atomic E-state index is -4.75. The van der Waals surface area contributed by atoms with E-state index < -0.39 is 23.6 Å². The molecule has 0 spiro atoms. The molecule has 0 saturated carbocycles. The van der Waals surface area contributed by atoms with E-state index in [0.29, 0.717) is 6.61 Å². The van der Waals surface area contributed by atoms with Gasteiger partial charge in [-0.15, -0.1) is 0 Å². The normalized spacial score (nSPS) is 13.5. The lowest BCUT2D eigenvalue weighted by Crippen LogP contribution is -2.32. The zero-order chi connectivity index (χ0) is 15.2. The Morgan fingerprint density at radius 1 is 1.30 bits per heavy atom. The summed E-state index contributed by atoms with van der Waals surface area (Å²) in [6, 6.07) is 2.04. The van der Waals surface area contributed by atoms with Crippen LogP contribution < -0.4 is 11.3 Å². The number of benzene rings is 1. The zero-order valence-electron chi connectivity index (χ0n) is 10.8. The Bertz CT molecular complexity index is 426. The number of rotatable bonds is 7. The fraction of sp³-hybridized carbons (Fsp3) is 0.500. The number of alkyl halides is 3. The molecule has 0 radical (unpaired) electrons. The van der Waals surface area contributed by atoms with Gasteiger partial charge in [-0.25, -0.2) is 4.39 Å². The molecule has 1 aromatic carbocycles. The molecule has 0 aliphatic carbocycles. The van der Waals surface area contributed by atoms with Crippen LogP contribution in [0.25, 0.3) is 0 Å². The molecule has 8 heteroatoms. The van der Waals surface area contributed by atoms with Crippen molar-refractivity contribution in [1.82, 2.24) is 5.43 Å². The molecule has 0 aliphatic rings. The average Bonchev–Trinajstić information content (AvgIpc) is 2.39. The van der Waals surface area contributed by atoms with Crippen LogP contribution >= 0.6 is 0 Å². The van der Waals surface area contributed by atoms with Crippen molar-refractivity contribution in [3.8, 4) is 0 Å². The quantitative estimate of drug-likeness (QED) is 0.350. The van der Waals surface area contributed by atoms with Gasteiger partial charge in [-0.2, -0.15) is 13.2 Å². The van der Waals surface area contributed by atoms with Gasteiger partial charge in [0.05, 0.1) is 31.4 Å². The summed E-state index contributed by atoms with van der Waals surface area (Å²) >= 11 is 0. The Labute approximate surface area is 113 Å². The number of nitrogens with two attached hydrogens (primary N) is 1. The Kier molecular flexibility index (Phi) is 6.34. The van der Waals surface area contributed by atoms with Crippen molar-refractivity contribution in [3.63, 3.8) is 0 Å². The molecular weight excluding hydrogens is 280 g/mol. The number of ether oxygens (including phenoxy) is 2. The maximum Gasteiger partial charge on any atom is 0.419 e. The predicted molar refractivity (Wildman–Crippen MR) is 64.2 cm³/mol. The molecule has 0 bridgehead atoms. The van der Waals surface area contributed by atoms with Crippen molar-refractivity contribution >= 4 is 0 Å². The number of hydrogen-bond donors (Lipinski definition) is 2. The molecule has 4 nitrogen and oxygen atoms in total. The summed E-state index contributed by atoms with van der Waals surface area (Å²) in [6.07, 6.45) is -4.75. The van der Waals surface area contributed by atoms with Gasteiger partial charge in [0.2, 0.25) is 0 Å². The lowest BCUT2D eigenvalue weighted by molar-refractivity contribution is -0.140. The monoisotopic (exact) mass is 296 g/mol. The second-order valence-electron chi connectivity index (χ2n) is 4.02. The van der Waals surface area contributed by atoms with Gasteiger partial charge in [0.15, 0.2) is 0 Å². The lowest BCUT2D eigenvalue weighted by Gasteiger charge is -2.18. The summed E-state index contributed by atoms with van der Waals surface area (Å²) in [4.78, 5) is 0. The third-order valence-corrected chi connectivity index (χ3v) is 2.62. The SMILES string of the molecule is COCCOCC(NN)c1ccc(F)c(C(F)(F)F)c1. The molecule has 0 fully saturated rings. The highest BCUT2D eigenvalue weighted by atomic mass is 19.4. The van der Waals surface area contributed by atoms with Crippen molar-refractivity contribution in [3.05, 3.63) is 35.1 Å². The first-order valence-corrected chi connectivity index (χ1v) is 5.79. The maximum absolute atomic E-state index is 13.2. The third kappa shape index (κ3) is 4.71. The number of methoxy groups -OCH3 is 1. The molecule has 0 aromatic heterocycles. The summed E-state index contributed by atoms with van der Waals surface area (Å²) in [6.45, 7) is 0.680. The smallest absolute Gasteiger partial charge is 0.382 e. The summed E-state index contributed by atoms with van der Waals surface area (Å²) in [5.74, 6) is 3.96. The first-order chi connectivity index (χ1) is 9.40. The molecule has 114 valence electrons. The largest absolute Gasteiger partial charge is 0.419 e. The first-order valence-electron chi connectivity index (χ1n) is 5.79. The molecule has 0 saturated heterocycles. The van der Waals surface area contributed by atoms with Crippen LogP contribution in [-0.4, -0.2) is 26.9 Å². The Morgan fingerprint density at radius 2 is 2.00 bits per heavy atom. The van der Waals surface area contributed by atoms with E-state index in [1.54, 1.807) is 0 Å². The highest BCUT2D eigenvalue weighted by Crippen LogP contribution is 2.32. The Balaban J connectivity index is 2.82. The molecule has 0 aliphatic heterocycles. The van der Waals surface area contributed by atoms with Crippen LogP contribution in [0.1, 0.15) is 17.2 Å². The molecule has 1 aromatic rings. The Morgan fingerprint density at radius 3 is 2.55 bits per heavy atom. The van der Waals surface area contributed by atoms with E-state index in [1.807, 2.05) is 0 Å². The van der Waals surface area contributed by atoms with Crippen LogP contribution in [0.3, 0.4) is 0 Å². The summed E-state index contributed by atoms with van der Waals surface area (Å²) in [5.41, 5.74) is 1.20. The van der Waals surface area contributed by atoms with Crippen LogP contribution in [0.15, 0.2) is 18.2 Å². The van der Waals surface area contributed by atoms with E-state index in [0.717, 1.165) is 12.1 Å². The van der Waals surface area contributed by atoms with E-state index in [4.69, 9.17) is 15.3 Å². The van der Waals surface area contributed by atoms with Gasteiger partial charge in [0.1, 0.15) is 5.82 Å². The molecule has 1 atom stereocenters. The average molecular weight is 296 g/mol. The topological polar surface area (TPSA) is 56.5 Å². The summed E-state index contributed by atoms with van der Waals surface area (Å²) < 4.78 is 61.0. The summed E-state index contributed by atoms with van der Waals surface area (Å²) in [7, 11) is 1.50. The predicted octanol–water partition coefficient (Wildman–Crippen LogP) is 2.01. The molecule has 1 unspecified atom stereocenters. The maximum atomic E-state index is 13.2. The second-order valence-corrected chi connectivity index (χ2v) is 4.02. The lowest BCUT2D eigenvalue weighted by atomic mass is 10.0. The molecule has 3 N–H and O–H groups in total. The van der Waals surface area contributed by atoms with Crippen molar-refractivity contribution in [2.45, 2.75) is 12.2 Å². The van der Waals surface area contributed by atoms with Gasteiger partial charge >= 0.3 is 6.18 Å². The van der Waals surface area contributed by atoms with Crippen molar-refractivity contribution in [2.24, 2.45) is 5.84 Å². The fourth-order valence-corrected chi connectivity index (χ4v) is 1.56. The summed E-state index contributed by atoms with van der Waals surface area (Å²) in [5, 5.41) is 0. The minimum absolute atomic E-state index is 0.0444.